The van der Waals surface area contributed by atoms with Gasteiger partial charge in [0.2, 0.25) is 0 Å². The normalized spacial score (nSPS) is 17.8. The lowest BCUT2D eigenvalue weighted by molar-refractivity contribution is -0.151. The number of methoxy groups -OCH3 is 1. The van der Waals surface area contributed by atoms with Crippen LogP contribution in [0.15, 0.2) is 42.5 Å². The van der Waals surface area contributed by atoms with Gasteiger partial charge in [0.1, 0.15) is 12.1 Å². The summed E-state index contributed by atoms with van der Waals surface area (Å²) in [6.45, 7) is 5.45. The Bertz CT molecular complexity index is 1000. The fraction of sp³-hybridized carbons (Fsp3) is 0.400. The van der Waals surface area contributed by atoms with Crippen molar-refractivity contribution < 1.29 is 28.6 Å². The van der Waals surface area contributed by atoms with Crippen LogP contribution in [0.2, 0.25) is 0 Å². The highest BCUT2D eigenvalue weighted by molar-refractivity contribution is 6.00. The molecule has 32 heavy (non-hydrogen) atoms. The fourth-order valence-electron chi connectivity index (χ4n) is 3.82. The van der Waals surface area contributed by atoms with Gasteiger partial charge >= 0.3 is 11.9 Å². The number of fused-ring (bicyclic) bond motifs is 1. The van der Waals surface area contributed by atoms with Crippen LogP contribution in [-0.2, 0) is 20.7 Å². The first kappa shape index (κ1) is 23.3. The first-order valence-corrected chi connectivity index (χ1v) is 10.8. The Kier molecular flexibility index (Phi) is 7.51. The van der Waals surface area contributed by atoms with Gasteiger partial charge in [0, 0.05) is 18.8 Å². The molecule has 1 aliphatic rings. The number of hydrogen-bond acceptors (Lipinski definition) is 6. The first-order valence-electron chi connectivity index (χ1n) is 10.8. The molecule has 1 N–H and O–H groups in total. The van der Waals surface area contributed by atoms with Crippen LogP contribution in [0.25, 0.3) is 0 Å². The van der Waals surface area contributed by atoms with Gasteiger partial charge < -0.3 is 19.5 Å². The molecule has 3 rings (SSSR count). The van der Waals surface area contributed by atoms with E-state index < -0.39 is 23.9 Å². The molecule has 170 valence electrons. The van der Waals surface area contributed by atoms with Crippen molar-refractivity contribution in [2.45, 2.75) is 58.1 Å². The number of nitrogens with one attached hydrogen (secondary N) is 1. The topological polar surface area (TPSA) is 90.9 Å². The maximum Gasteiger partial charge on any atom is 0.328 e. The minimum Gasteiger partial charge on any atom is -0.493 e. The van der Waals surface area contributed by atoms with Gasteiger partial charge in [0.25, 0.3) is 5.91 Å². The molecular weight excluding hydrogens is 410 g/mol. The Morgan fingerprint density at radius 1 is 1.12 bits per heavy atom. The predicted molar refractivity (Wildman–Crippen MR) is 119 cm³/mol. The van der Waals surface area contributed by atoms with Crippen molar-refractivity contribution in [2.75, 3.05) is 7.11 Å². The van der Waals surface area contributed by atoms with Crippen molar-refractivity contribution in [3.63, 3.8) is 0 Å². The fourth-order valence-corrected chi connectivity index (χ4v) is 3.82. The molecule has 0 heterocycles. The summed E-state index contributed by atoms with van der Waals surface area (Å²) in [4.78, 5) is 37.6. The average molecular weight is 440 g/mol. The average Bonchev–Trinajstić information content (AvgIpc) is 3.09. The zero-order valence-corrected chi connectivity index (χ0v) is 18.8. The Morgan fingerprint density at radius 3 is 2.56 bits per heavy atom. The molecule has 0 aromatic heterocycles. The number of hydrogen-bond donors (Lipinski definition) is 1. The van der Waals surface area contributed by atoms with Crippen LogP contribution >= 0.6 is 0 Å². The highest BCUT2D eigenvalue weighted by Gasteiger charge is 2.33. The third-order valence-electron chi connectivity index (χ3n) is 5.61. The predicted octanol–water partition coefficient (Wildman–Crippen LogP) is 3.79. The molecule has 0 spiro atoms. The summed E-state index contributed by atoms with van der Waals surface area (Å²) in [5, 5.41) is 2.64. The molecule has 0 radical (unpaired) electrons. The van der Waals surface area contributed by atoms with E-state index in [1.165, 1.54) is 24.3 Å². The molecule has 2 aromatic carbocycles. The molecule has 3 atom stereocenters. The summed E-state index contributed by atoms with van der Waals surface area (Å²) in [6, 6.07) is 11.9. The van der Waals surface area contributed by atoms with E-state index in [4.69, 9.17) is 14.2 Å². The number of amides is 1. The second-order valence-corrected chi connectivity index (χ2v) is 7.92. The van der Waals surface area contributed by atoms with Gasteiger partial charge in [-0.3, -0.25) is 9.59 Å². The van der Waals surface area contributed by atoms with Crippen molar-refractivity contribution in [2.24, 2.45) is 0 Å². The third-order valence-corrected chi connectivity index (χ3v) is 5.61. The lowest BCUT2D eigenvalue weighted by Gasteiger charge is -2.21. The van der Waals surface area contributed by atoms with E-state index in [1.807, 2.05) is 38.1 Å². The van der Waals surface area contributed by atoms with E-state index in [0.717, 1.165) is 0 Å². The monoisotopic (exact) mass is 439 g/mol. The van der Waals surface area contributed by atoms with E-state index >= 15 is 0 Å². The van der Waals surface area contributed by atoms with Crippen LogP contribution in [0.3, 0.4) is 0 Å². The maximum atomic E-state index is 12.9. The Morgan fingerprint density at radius 2 is 1.88 bits per heavy atom. The molecule has 1 aliphatic carbocycles. The quantitative estimate of drug-likeness (QED) is 0.497. The molecule has 0 bridgehead atoms. The maximum absolute atomic E-state index is 12.9. The standard InChI is InChI=1S/C25H29NO6/c1-5-9-22(27)32-23-19(12-8-13-20(23)30-4)24(28)26-16(3)25(29)31-21-14-17-10-6-7-11-18(17)15(21)2/h6-8,10-13,15-16,21H,5,9,14H2,1-4H3,(H,26,28)/t15?,16-,21?/m0/s1. The van der Waals surface area contributed by atoms with Crippen molar-refractivity contribution in [1.82, 2.24) is 5.32 Å². The van der Waals surface area contributed by atoms with Gasteiger partial charge in [0.15, 0.2) is 11.5 Å². The van der Waals surface area contributed by atoms with Gasteiger partial charge in [-0.15, -0.1) is 0 Å². The third kappa shape index (κ3) is 5.10. The number of esters is 2. The largest absolute Gasteiger partial charge is 0.493 e. The molecule has 7 heteroatoms. The summed E-state index contributed by atoms with van der Waals surface area (Å²) >= 11 is 0. The van der Waals surface area contributed by atoms with E-state index in [9.17, 15) is 14.4 Å². The molecule has 0 fully saturated rings. The number of carbonyl (C=O) groups excluding carboxylic acids is 3. The van der Waals surface area contributed by atoms with Crippen molar-refractivity contribution >= 4 is 17.8 Å². The number of carbonyl (C=O) groups is 3. The molecule has 0 aliphatic heterocycles. The van der Waals surface area contributed by atoms with E-state index in [2.05, 4.69) is 5.32 Å². The van der Waals surface area contributed by atoms with Crippen LogP contribution in [0.4, 0.5) is 0 Å². The number of rotatable bonds is 8. The van der Waals surface area contributed by atoms with Crippen molar-refractivity contribution in [1.29, 1.82) is 0 Å². The summed E-state index contributed by atoms with van der Waals surface area (Å²) in [5.74, 6) is -1.17. The van der Waals surface area contributed by atoms with E-state index in [0.29, 0.717) is 12.8 Å². The van der Waals surface area contributed by atoms with E-state index in [1.54, 1.807) is 19.1 Å². The number of ether oxygens (including phenoxy) is 3. The van der Waals surface area contributed by atoms with Gasteiger partial charge in [0.05, 0.1) is 12.7 Å². The SMILES string of the molecule is CCCC(=O)Oc1c(OC)cccc1C(=O)N[C@@H](C)C(=O)OC1Cc2ccccc2C1C. The lowest BCUT2D eigenvalue weighted by Crippen LogP contribution is -2.41. The van der Waals surface area contributed by atoms with Crippen molar-refractivity contribution in [3.05, 3.63) is 59.2 Å². The van der Waals surface area contributed by atoms with E-state index in [-0.39, 0.29) is 35.5 Å². The Hall–Kier alpha value is -3.35. The molecule has 1 amide bonds. The Balaban J connectivity index is 1.68. The minimum absolute atomic E-state index is 0.0337. The van der Waals surface area contributed by atoms with Crippen LogP contribution in [0.1, 0.15) is 61.0 Å². The Labute approximate surface area is 188 Å². The van der Waals surface area contributed by atoms with Gasteiger partial charge in [-0.1, -0.05) is 44.2 Å². The minimum atomic E-state index is -0.885. The van der Waals surface area contributed by atoms with Crippen LogP contribution in [0.5, 0.6) is 11.5 Å². The number of benzene rings is 2. The molecule has 7 nitrogen and oxygen atoms in total. The summed E-state index contributed by atoms with van der Waals surface area (Å²) in [6.07, 6.45) is 1.20. The highest BCUT2D eigenvalue weighted by Crippen LogP contribution is 2.35. The summed E-state index contributed by atoms with van der Waals surface area (Å²) in [5.41, 5.74) is 2.46. The van der Waals surface area contributed by atoms with Gasteiger partial charge in [-0.2, -0.15) is 0 Å². The second kappa shape index (κ2) is 10.3. The molecule has 0 saturated heterocycles. The smallest absolute Gasteiger partial charge is 0.328 e. The van der Waals surface area contributed by atoms with Crippen LogP contribution in [0, 0.1) is 0 Å². The summed E-state index contributed by atoms with van der Waals surface area (Å²) < 4.78 is 16.4. The second-order valence-electron chi connectivity index (χ2n) is 7.92. The lowest BCUT2D eigenvalue weighted by atomic mass is 10.0. The number of para-hydroxylation sites is 1. The molecule has 2 unspecified atom stereocenters. The molecule has 0 saturated carbocycles. The first-order chi connectivity index (χ1) is 15.3. The molecular formula is C25H29NO6. The highest BCUT2D eigenvalue weighted by atomic mass is 16.6. The summed E-state index contributed by atoms with van der Waals surface area (Å²) in [7, 11) is 1.43. The van der Waals surface area contributed by atoms with Gasteiger partial charge in [-0.05, 0) is 36.6 Å². The molecule has 2 aromatic rings. The van der Waals surface area contributed by atoms with Crippen LogP contribution < -0.4 is 14.8 Å². The van der Waals surface area contributed by atoms with Crippen LogP contribution in [-0.4, -0.2) is 37.1 Å². The zero-order valence-electron chi connectivity index (χ0n) is 18.8. The van der Waals surface area contributed by atoms with Gasteiger partial charge in [-0.25, -0.2) is 4.79 Å². The van der Waals surface area contributed by atoms with Crippen molar-refractivity contribution in [3.8, 4) is 11.5 Å². The zero-order chi connectivity index (χ0) is 23.3.